The highest BCUT2D eigenvalue weighted by molar-refractivity contribution is 7.22. The van der Waals surface area contributed by atoms with E-state index in [0.717, 1.165) is 44.8 Å². The predicted molar refractivity (Wildman–Crippen MR) is 202 cm³/mol. The van der Waals surface area contributed by atoms with Crippen LogP contribution in [0.1, 0.15) is 70.4 Å². The molecule has 2 aliphatic rings. The molecular formula is C42H44N2O6S. The lowest BCUT2D eigenvalue weighted by Crippen LogP contribution is -2.33. The van der Waals surface area contributed by atoms with Gasteiger partial charge < -0.3 is 19.7 Å². The van der Waals surface area contributed by atoms with Crippen molar-refractivity contribution in [1.29, 1.82) is 0 Å². The van der Waals surface area contributed by atoms with Gasteiger partial charge in [-0.2, -0.15) is 0 Å². The Morgan fingerprint density at radius 2 is 1.14 bits per heavy atom. The fourth-order valence-corrected chi connectivity index (χ4v) is 8.23. The van der Waals surface area contributed by atoms with Crippen molar-refractivity contribution in [1.82, 2.24) is 9.80 Å². The number of phenols is 2. The molecule has 0 aliphatic carbocycles. The Labute approximate surface area is 302 Å². The maximum absolute atomic E-state index is 14.3. The summed E-state index contributed by atoms with van der Waals surface area (Å²) in [5.74, 6) is 0.792. The first-order valence-corrected chi connectivity index (χ1v) is 18.8. The van der Waals surface area contributed by atoms with Gasteiger partial charge in [-0.25, -0.2) is 0 Å². The van der Waals surface area contributed by atoms with Gasteiger partial charge in [0.15, 0.2) is 11.6 Å². The van der Waals surface area contributed by atoms with Crippen molar-refractivity contribution in [3.63, 3.8) is 0 Å². The number of hydrogen-bond donors (Lipinski definition) is 2. The second-order valence-corrected chi connectivity index (χ2v) is 14.5. The van der Waals surface area contributed by atoms with Crippen LogP contribution in [0.5, 0.6) is 23.0 Å². The molecule has 51 heavy (non-hydrogen) atoms. The summed E-state index contributed by atoms with van der Waals surface area (Å²) in [6.45, 7) is 7.36. The number of ether oxygens (including phenoxy) is 2. The quantitative estimate of drug-likeness (QED) is 0.119. The van der Waals surface area contributed by atoms with Crippen molar-refractivity contribution < 1.29 is 29.3 Å². The third-order valence-corrected chi connectivity index (χ3v) is 11.1. The minimum atomic E-state index is -0.351. The van der Waals surface area contributed by atoms with Crippen molar-refractivity contribution in [2.24, 2.45) is 0 Å². The number of phenolic OH excluding ortho intramolecular Hbond substituents is 2. The number of aromatic hydroxyl groups is 2. The van der Waals surface area contributed by atoms with E-state index in [-0.39, 0.29) is 28.6 Å². The Balaban J connectivity index is 1.13. The molecule has 0 spiro atoms. The zero-order valence-corrected chi connectivity index (χ0v) is 29.6. The van der Waals surface area contributed by atoms with Crippen molar-refractivity contribution >= 4 is 33.0 Å². The van der Waals surface area contributed by atoms with Crippen LogP contribution in [0.15, 0.2) is 84.9 Å². The van der Waals surface area contributed by atoms with Gasteiger partial charge in [-0.3, -0.25) is 19.4 Å². The molecule has 8 nitrogen and oxygen atoms in total. The van der Waals surface area contributed by atoms with Gasteiger partial charge in [0.1, 0.15) is 36.2 Å². The fraction of sp³-hybridized carbons (Fsp3) is 0.333. The number of likely N-dealkylation sites (tertiary alicyclic amines) is 2. The average Bonchev–Trinajstić information content (AvgIpc) is 3.53. The molecule has 5 aromatic rings. The van der Waals surface area contributed by atoms with Crippen LogP contribution in [-0.2, 0) is 0 Å². The van der Waals surface area contributed by atoms with Crippen molar-refractivity contribution in [3.05, 3.63) is 107 Å². The number of carbonyl (C=O) groups excluding carboxylic acids is 2. The third-order valence-electron chi connectivity index (χ3n) is 9.89. The molecule has 4 aromatic carbocycles. The van der Waals surface area contributed by atoms with Gasteiger partial charge in [-0.05, 0) is 142 Å². The number of benzene rings is 4. The summed E-state index contributed by atoms with van der Waals surface area (Å²) in [5, 5.41) is 21.6. The minimum Gasteiger partial charge on any atom is -0.508 e. The first-order valence-electron chi connectivity index (χ1n) is 18.0. The summed E-state index contributed by atoms with van der Waals surface area (Å²) < 4.78 is 12.6. The number of rotatable bonds is 13. The zero-order chi connectivity index (χ0) is 35.2. The topological polar surface area (TPSA) is 99.5 Å². The highest BCUT2D eigenvalue weighted by Gasteiger charge is 2.25. The summed E-state index contributed by atoms with van der Waals surface area (Å²) in [5.41, 5.74) is 2.19. The van der Waals surface area contributed by atoms with E-state index in [1.54, 1.807) is 72.8 Å². The minimum absolute atomic E-state index is 0.114. The molecule has 0 radical (unpaired) electrons. The van der Waals surface area contributed by atoms with Crippen LogP contribution in [0.4, 0.5) is 0 Å². The lowest BCUT2D eigenvalue weighted by molar-refractivity contribution is 0.102. The van der Waals surface area contributed by atoms with E-state index in [0.29, 0.717) is 56.4 Å². The molecule has 0 saturated carbocycles. The largest absolute Gasteiger partial charge is 0.508 e. The van der Waals surface area contributed by atoms with Crippen LogP contribution in [-0.4, -0.2) is 84.1 Å². The predicted octanol–water partition coefficient (Wildman–Crippen LogP) is 8.17. The summed E-state index contributed by atoms with van der Waals surface area (Å²) in [7, 11) is 0. The van der Waals surface area contributed by atoms with Crippen LogP contribution in [0.25, 0.3) is 20.5 Å². The molecule has 9 heteroatoms. The van der Waals surface area contributed by atoms with Crippen LogP contribution in [0.2, 0.25) is 0 Å². The van der Waals surface area contributed by atoms with Gasteiger partial charge in [-0.1, -0.05) is 12.8 Å². The lowest BCUT2D eigenvalue weighted by atomic mass is 9.94. The van der Waals surface area contributed by atoms with E-state index < -0.39 is 0 Å². The number of carbonyl (C=O) groups is 2. The molecule has 2 fully saturated rings. The zero-order valence-electron chi connectivity index (χ0n) is 28.8. The highest BCUT2D eigenvalue weighted by Crippen LogP contribution is 2.43. The monoisotopic (exact) mass is 704 g/mol. The standard InChI is InChI=1S/C42H44N2O6S/c45-32-13-7-31(8-14-32)42-39(41(48)30-11-17-34(18-12-30)50-26-24-44-21-5-2-6-22-44)36-27-35(37(46)28-38(36)51-42)40(47)29-9-15-33(16-10-29)49-25-23-43-19-3-1-4-20-43/h7-18,27-28,45-46H,1-6,19-26H2. The number of piperidine rings is 2. The second-order valence-electron chi connectivity index (χ2n) is 13.4. The Morgan fingerprint density at radius 3 is 1.67 bits per heavy atom. The third kappa shape index (κ3) is 8.28. The van der Waals surface area contributed by atoms with Crippen molar-refractivity contribution in [2.45, 2.75) is 38.5 Å². The summed E-state index contributed by atoms with van der Waals surface area (Å²) in [4.78, 5) is 33.6. The second kappa shape index (κ2) is 16.1. The Morgan fingerprint density at radius 1 is 0.627 bits per heavy atom. The smallest absolute Gasteiger partial charge is 0.196 e. The summed E-state index contributed by atoms with van der Waals surface area (Å²) in [6.07, 6.45) is 7.52. The Kier molecular flexibility index (Phi) is 11.0. The van der Waals surface area contributed by atoms with E-state index in [9.17, 15) is 19.8 Å². The number of fused-ring (bicyclic) bond motifs is 1. The first-order chi connectivity index (χ1) is 24.9. The van der Waals surface area contributed by atoms with Gasteiger partial charge >= 0.3 is 0 Å². The molecule has 0 amide bonds. The summed E-state index contributed by atoms with van der Waals surface area (Å²) >= 11 is 1.36. The van der Waals surface area contributed by atoms with Gasteiger partial charge in [0.05, 0.1) is 5.56 Å². The molecule has 3 heterocycles. The highest BCUT2D eigenvalue weighted by atomic mass is 32.1. The van der Waals surface area contributed by atoms with E-state index >= 15 is 0 Å². The number of thiophene rings is 1. The molecule has 0 unspecified atom stereocenters. The number of ketones is 2. The average molecular weight is 705 g/mol. The molecule has 2 N–H and O–H groups in total. The van der Waals surface area contributed by atoms with Crippen molar-refractivity contribution in [3.8, 4) is 33.4 Å². The van der Waals surface area contributed by atoms with Crippen LogP contribution < -0.4 is 9.47 Å². The molecular weight excluding hydrogens is 661 g/mol. The Hall–Kier alpha value is -4.70. The fourth-order valence-electron chi connectivity index (χ4n) is 7.01. The van der Waals surface area contributed by atoms with Gasteiger partial charge in [0.25, 0.3) is 0 Å². The van der Waals surface area contributed by atoms with Crippen LogP contribution in [0, 0.1) is 0 Å². The van der Waals surface area contributed by atoms with Crippen LogP contribution in [0.3, 0.4) is 0 Å². The SMILES string of the molecule is O=C(c1ccc(OCCN2CCCCC2)cc1)c1cc2c(C(=O)c3ccc(OCCN4CCCCC4)cc3)c(-c3ccc(O)cc3)sc2cc1O. The number of hydrogen-bond acceptors (Lipinski definition) is 9. The van der Waals surface area contributed by atoms with Crippen LogP contribution >= 0.6 is 11.3 Å². The molecule has 1 aromatic heterocycles. The molecule has 2 aliphatic heterocycles. The maximum atomic E-state index is 14.3. The normalized spacial score (nSPS) is 15.5. The van der Waals surface area contributed by atoms with Gasteiger partial charge in [-0.15, -0.1) is 11.3 Å². The van der Waals surface area contributed by atoms with Gasteiger partial charge in [0, 0.05) is 44.7 Å². The van der Waals surface area contributed by atoms with E-state index in [1.807, 2.05) is 12.1 Å². The van der Waals surface area contributed by atoms with E-state index in [2.05, 4.69) is 9.80 Å². The molecule has 0 atom stereocenters. The summed E-state index contributed by atoms with van der Waals surface area (Å²) in [6, 6.07) is 24.0. The van der Waals surface area contributed by atoms with E-state index in [1.165, 1.54) is 49.9 Å². The number of nitrogens with zero attached hydrogens (tertiary/aromatic N) is 2. The Bertz CT molecular complexity index is 1960. The van der Waals surface area contributed by atoms with Crippen molar-refractivity contribution in [2.75, 3.05) is 52.5 Å². The first kappa shape index (κ1) is 34.7. The molecule has 264 valence electrons. The van der Waals surface area contributed by atoms with E-state index in [4.69, 9.17) is 9.47 Å². The molecule has 2 saturated heterocycles. The maximum Gasteiger partial charge on any atom is 0.196 e. The van der Waals surface area contributed by atoms with Gasteiger partial charge in [0.2, 0.25) is 0 Å². The molecule has 7 rings (SSSR count). The molecule has 0 bridgehead atoms. The lowest BCUT2D eigenvalue weighted by Gasteiger charge is -2.26.